The zero-order valence-electron chi connectivity index (χ0n) is 15.4. The van der Waals surface area contributed by atoms with Gasteiger partial charge >= 0.3 is 5.97 Å². The number of aliphatic carboxylic acids is 1. The first-order valence-electron chi connectivity index (χ1n) is 8.54. The molecule has 2 rings (SSSR count). The van der Waals surface area contributed by atoms with E-state index in [0.717, 1.165) is 5.56 Å². The normalized spacial score (nSPS) is 22.2. The average Bonchev–Trinajstić information content (AvgIpc) is 2.53. The fourth-order valence-corrected chi connectivity index (χ4v) is 5.44. The summed E-state index contributed by atoms with van der Waals surface area (Å²) in [5.74, 6) is -0.843. The number of ether oxygens (including phenoxy) is 1. The molecule has 6 nitrogen and oxygen atoms in total. The molecular weight excluding hydrogens is 342 g/mol. The van der Waals surface area contributed by atoms with Crippen LogP contribution in [0.15, 0.2) is 17.0 Å². The molecule has 1 aliphatic heterocycles. The van der Waals surface area contributed by atoms with Crippen molar-refractivity contribution < 1.29 is 23.1 Å². The SMILES string of the molecule is COc1cc(C)c(S(=O)(=O)N2CCC[C@H](C(=O)O)[C@@H]2C)cc1C(C)C. The van der Waals surface area contributed by atoms with Crippen molar-refractivity contribution in [3.8, 4) is 5.75 Å². The largest absolute Gasteiger partial charge is 0.496 e. The Morgan fingerprint density at radius 1 is 1.36 bits per heavy atom. The van der Waals surface area contributed by atoms with Crippen LogP contribution >= 0.6 is 0 Å². The van der Waals surface area contributed by atoms with E-state index in [0.29, 0.717) is 30.7 Å². The van der Waals surface area contributed by atoms with Crippen LogP contribution in [0.5, 0.6) is 5.75 Å². The number of carbonyl (C=O) groups is 1. The Hall–Kier alpha value is -1.60. The molecular formula is C18H27NO5S. The number of methoxy groups -OCH3 is 1. The lowest BCUT2D eigenvalue weighted by Gasteiger charge is -2.36. The molecule has 7 heteroatoms. The third kappa shape index (κ3) is 3.67. The summed E-state index contributed by atoms with van der Waals surface area (Å²) >= 11 is 0. The fourth-order valence-electron chi connectivity index (χ4n) is 3.49. The van der Waals surface area contributed by atoms with Crippen LogP contribution in [0.3, 0.4) is 0 Å². The number of nitrogens with zero attached hydrogens (tertiary/aromatic N) is 1. The number of hydrogen-bond donors (Lipinski definition) is 1. The maximum Gasteiger partial charge on any atom is 0.308 e. The molecule has 2 atom stereocenters. The van der Waals surface area contributed by atoms with Crippen molar-refractivity contribution in [2.24, 2.45) is 5.92 Å². The number of sulfonamides is 1. The maximum atomic E-state index is 13.3. The third-order valence-electron chi connectivity index (χ3n) is 4.98. The number of piperidine rings is 1. The molecule has 0 amide bonds. The first-order chi connectivity index (χ1) is 11.6. The van der Waals surface area contributed by atoms with Crippen molar-refractivity contribution >= 4 is 16.0 Å². The van der Waals surface area contributed by atoms with Crippen molar-refractivity contribution in [3.05, 3.63) is 23.3 Å². The molecule has 140 valence electrons. The number of rotatable bonds is 5. The average molecular weight is 369 g/mol. The molecule has 1 aromatic carbocycles. The number of benzene rings is 1. The molecule has 1 heterocycles. The molecule has 1 saturated heterocycles. The van der Waals surface area contributed by atoms with E-state index in [2.05, 4.69) is 0 Å². The van der Waals surface area contributed by atoms with Gasteiger partial charge in [-0.3, -0.25) is 4.79 Å². The lowest BCUT2D eigenvalue weighted by atomic mass is 9.92. The van der Waals surface area contributed by atoms with Gasteiger partial charge in [-0.2, -0.15) is 4.31 Å². The lowest BCUT2D eigenvalue weighted by molar-refractivity contribution is -0.144. The van der Waals surface area contributed by atoms with Crippen molar-refractivity contribution in [2.45, 2.75) is 57.4 Å². The topological polar surface area (TPSA) is 83.9 Å². The van der Waals surface area contributed by atoms with Gasteiger partial charge in [-0.1, -0.05) is 13.8 Å². The van der Waals surface area contributed by atoms with Gasteiger partial charge in [-0.15, -0.1) is 0 Å². The molecule has 1 fully saturated rings. The molecule has 0 aromatic heterocycles. The Bertz CT molecular complexity index is 757. The molecule has 0 unspecified atom stereocenters. The summed E-state index contributed by atoms with van der Waals surface area (Å²) in [6.07, 6.45) is 1.05. The Kier molecular flexibility index (Phi) is 5.79. The van der Waals surface area contributed by atoms with Crippen LogP contribution in [0.1, 0.15) is 50.7 Å². The maximum absolute atomic E-state index is 13.3. The Labute approximate surface area is 149 Å². The van der Waals surface area contributed by atoms with E-state index in [1.807, 2.05) is 13.8 Å². The molecule has 0 bridgehead atoms. The monoisotopic (exact) mass is 369 g/mol. The molecule has 1 aliphatic rings. The van der Waals surface area contributed by atoms with Crippen LogP contribution in [-0.4, -0.2) is 43.5 Å². The predicted octanol–water partition coefficient (Wildman–Crippen LogP) is 3.00. The van der Waals surface area contributed by atoms with Crippen LogP contribution in [0, 0.1) is 12.8 Å². The van der Waals surface area contributed by atoms with E-state index in [4.69, 9.17) is 4.74 Å². The quantitative estimate of drug-likeness (QED) is 0.862. The van der Waals surface area contributed by atoms with Crippen molar-refractivity contribution in [3.63, 3.8) is 0 Å². The summed E-state index contributed by atoms with van der Waals surface area (Å²) in [7, 11) is -2.21. The second-order valence-electron chi connectivity index (χ2n) is 6.96. The standard InChI is InChI=1S/C18H27NO5S/c1-11(2)15-10-17(12(3)9-16(15)24-5)25(22,23)19-8-6-7-14(13(19)4)18(20)21/h9-11,13-14H,6-8H2,1-5H3,(H,20,21)/t13-,14-/m0/s1. The molecule has 1 N–H and O–H groups in total. The van der Waals surface area contributed by atoms with Crippen molar-refractivity contribution in [1.29, 1.82) is 0 Å². The van der Waals surface area contributed by atoms with Gasteiger partial charge < -0.3 is 9.84 Å². The van der Waals surface area contributed by atoms with Gasteiger partial charge in [0.15, 0.2) is 0 Å². The van der Waals surface area contributed by atoms with Crippen molar-refractivity contribution in [2.75, 3.05) is 13.7 Å². The van der Waals surface area contributed by atoms with E-state index in [9.17, 15) is 18.3 Å². The van der Waals surface area contributed by atoms with Crippen LogP contribution < -0.4 is 4.74 Å². The van der Waals surface area contributed by atoms with Crippen LogP contribution in [0.4, 0.5) is 0 Å². The second kappa shape index (κ2) is 7.33. The first-order valence-corrected chi connectivity index (χ1v) is 9.98. The molecule has 0 saturated carbocycles. The number of aryl methyl sites for hydroxylation is 1. The summed E-state index contributed by atoms with van der Waals surface area (Å²) in [4.78, 5) is 11.7. The van der Waals surface area contributed by atoms with E-state index < -0.39 is 28.0 Å². The Morgan fingerprint density at radius 3 is 2.52 bits per heavy atom. The summed E-state index contributed by atoms with van der Waals surface area (Å²) in [5, 5.41) is 9.36. The zero-order chi connectivity index (χ0) is 18.9. The molecule has 0 aliphatic carbocycles. The van der Waals surface area contributed by atoms with E-state index >= 15 is 0 Å². The summed E-state index contributed by atoms with van der Waals surface area (Å²) in [5.41, 5.74) is 1.43. The second-order valence-corrected chi connectivity index (χ2v) is 8.82. The number of carboxylic acids is 1. The highest BCUT2D eigenvalue weighted by molar-refractivity contribution is 7.89. The molecule has 1 aromatic rings. The molecule has 25 heavy (non-hydrogen) atoms. The van der Waals surface area contributed by atoms with Gasteiger partial charge in [-0.05, 0) is 55.9 Å². The minimum absolute atomic E-state index is 0.107. The lowest BCUT2D eigenvalue weighted by Crippen LogP contribution is -2.49. The van der Waals surface area contributed by atoms with Gasteiger partial charge in [0.1, 0.15) is 5.75 Å². The van der Waals surface area contributed by atoms with E-state index in [1.165, 1.54) is 4.31 Å². The van der Waals surface area contributed by atoms with Gasteiger partial charge in [0.25, 0.3) is 0 Å². The highest BCUT2D eigenvalue weighted by Gasteiger charge is 2.40. The van der Waals surface area contributed by atoms with Crippen LogP contribution in [-0.2, 0) is 14.8 Å². The van der Waals surface area contributed by atoms with Crippen LogP contribution in [0.25, 0.3) is 0 Å². The highest BCUT2D eigenvalue weighted by Crippen LogP contribution is 2.35. The first kappa shape index (κ1) is 19.7. The van der Waals surface area contributed by atoms with Gasteiger partial charge in [0, 0.05) is 12.6 Å². The Morgan fingerprint density at radius 2 is 2.00 bits per heavy atom. The number of carboxylic acid groups (broad SMARTS) is 1. The predicted molar refractivity (Wildman–Crippen MR) is 95.5 cm³/mol. The van der Waals surface area contributed by atoms with Gasteiger partial charge in [-0.25, -0.2) is 8.42 Å². The molecule has 0 radical (unpaired) electrons. The number of hydrogen-bond acceptors (Lipinski definition) is 4. The molecule has 0 spiro atoms. The summed E-state index contributed by atoms with van der Waals surface area (Å²) < 4.78 is 33.2. The van der Waals surface area contributed by atoms with Gasteiger partial charge in [0.2, 0.25) is 10.0 Å². The van der Waals surface area contributed by atoms with Crippen LogP contribution in [0.2, 0.25) is 0 Å². The smallest absolute Gasteiger partial charge is 0.308 e. The zero-order valence-corrected chi connectivity index (χ0v) is 16.3. The highest BCUT2D eigenvalue weighted by atomic mass is 32.2. The van der Waals surface area contributed by atoms with Gasteiger partial charge in [0.05, 0.1) is 17.9 Å². The van der Waals surface area contributed by atoms with E-state index in [-0.39, 0.29) is 10.8 Å². The minimum atomic E-state index is -3.77. The minimum Gasteiger partial charge on any atom is -0.496 e. The summed E-state index contributed by atoms with van der Waals surface area (Å²) in [6.45, 7) is 7.72. The third-order valence-corrected chi connectivity index (χ3v) is 7.11. The van der Waals surface area contributed by atoms with E-state index in [1.54, 1.807) is 33.1 Å². The van der Waals surface area contributed by atoms with Crippen molar-refractivity contribution in [1.82, 2.24) is 4.31 Å². The fraction of sp³-hybridized carbons (Fsp3) is 0.611. The Balaban J connectivity index is 2.52. The summed E-state index contributed by atoms with van der Waals surface area (Å²) in [6, 6.07) is 2.84.